The van der Waals surface area contributed by atoms with Crippen LogP contribution in [0.5, 0.6) is 17.2 Å². The van der Waals surface area contributed by atoms with Gasteiger partial charge in [-0.15, -0.1) is 0 Å². The molecule has 1 aliphatic rings. The smallest absolute Gasteiger partial charge is 0.238 e. The normalized spacial score (nSPS) is 18.7. The van der Waals surface area contributed by atoms with Gasteiger partial charge in [-0.05, 0) is 48.9 Å². The van der Waals surface area contributed by atoms with Crippen molar-refractivity contribution in [1.82, 2.24) is 4.98 Å². The van der Waals surface area contributed by atoms with Crippen LogP contribution in [0.1, 0.15) is 18.6 Å². The Morgan fingerprint density at radius 2 is 1.54 bits per heavy atom. The van der Waals surface area contributed by atoms with Crippen LogP contribution in [-0.4, -0.2) is 10.9 Å². The van der Waals surface area contributed by atoms with Gasteiger partial charge in [0.25, 0.3) is 0 Å². The van der Waals surface area contributed by atoms with E-state index in [2.05, 4.69) is 10.1 Å². The van der Waals surface area contributed by atoms with Crippen molar-refractivity contribution in [3.63, 3.8) is 0 Å². The summed E-state index contributed by atoms with van der Waals surface area (Å²) in [6, 6.07) is 21.2. The van der Waals surface area contributed by atoms with Gasteiger partial charge in [-0.3, -0.25) is 4.98 Å². The maximum absolute atomic E-state index is 5.82. The minimum Gasteiger partial charge on any atom is -0.457 e. The molecule has 0 radical (unpaired) electrons. The van der Waals surface area contributed by atoms with Crippen LogP contribution in [0.3, 0.4) is 0 Å². The molecule has 4 rings (SSSR count). The molecule has 5 heteroatoms. The molecule has 0 N–H and O–H groups in total. The highest BCUT2D eigenvalue weighted by molar-refractivity contribution is 5.82. The van der Waals surface area contributed by atoms with Gasteiger partial charge in [0.05, 0.1) is 12.1 Å². The van der Waals surface area contributed by atoms with Crippen LogP contribution in [0.25, 0.3) is 0 Å². The molecule has 130 valence electrons. The number of rotatable bonds is 4. The van der Waals surface area contributed by atoms with Crippen molar-refractivity contribution in [2.75, 3.05) is 0 Å². The van der Waals surface area contributed by atoms with Crippen LogP contribution < -0.4 is 9.47 Å². The Morgan fingerprint density at radius 1 is 0.808 bits per heavy atom. The lowest BCUT2D eigenvalue weighted by Crippen LogP contribution is -2.18. The monoisotopic (exact) mass is 346 g/mol. The Balaban J connectivity index is 1.42. The molecule has 2 atom stereocenters. The number of aromatic nitrogens is 1. The number of benzene rings is 2. The lowest BCUT2D eigenvalue weighted by Gasteiger charge is -2.15. The molecule has 0 aliphatic carbocycles. The summed E-state index contributed by atoms with van der Waals surface area (Å²) >= 11 is 0. The summed E-state index contributed by atoms with van der Waals surface area (Å²) in [6.45, 7) is 2.03. The molecule has 0 amide bonds. The van der Waals surface area contributed by atoms with Crippen molar-refractivity contribution in [2.45, 2.75) is 13.0 Å². The van der Waals surface area contributed by atoms with Crippen LogP contribution in [0.15, 0.2) is 84.3 Å². The summed E-state index contributed by atoms with van der Waals surface area (Å²) in [4.78, 5) is 9.63. The molecule has 0 saturated heterocycles. The Hall–Kier alpha value is -3.34. The summed E-state index contributed by atoms with van der Waals surface area (Å²) in [5, 5.41) is 4.10. The van der Waals surface area contributed by atoms with E-state index in [1.54, 1.807) is 12.4 Å². The molecular weight excluding hydrogens is 328 g/mol. The second-order valence-electron chi connectivity index (χ2n) is 6.02. The predicted molar refractivity (Wildman–Crippen MR) is 98.2 cm³/mol. The number of pyridine rings is 1. The van der Waals surface area contributed by atoms with Crippen molar-refractivity contribution in [1.29, 1.82) is 0 Å². The van der Waals surface area contributed by atoms with E-state index < -0.39 is 0 Å². The van der Waals surface area contributed by atoms with E-state index in [9.17, 15) is 0 Å². The molecule has 2 aromatic carbocycles. The van der Waals surface area contributed by atoms with Gasteiger partial charge in [0.1, 0.15) is 17.2 Å². The zero-order valence-corrected chi connectivity index (χ0v) is 14.3. The Kier molecular flexibility index (Phi) is 4.51. The maximum Gasteiger partial charge on any atom is 0.238 e. The molecule has 0 saturated carbocycles. The minimum atomic E-state index is -0.188. The second-order valence-corrected chi connectivity index (χ2v) is 6.02. The minimum absolute atomic E-state index is 0.00361. The SMILES string of the molecule is C[C@@H]1C(Oc2cccnc2)=NO[C@H]1c1ccc(Oc2ccccc2)cc1. The topological polar surface area (TPSA) is 52.9 Å². The Morgan fingerprint density at radius 3 is 2.27 bits per heavy atom. The maximum atomic E-state index is 5.82. The van der Waals surface area contributed by atoms with Crippen molar-refractivity contribution < 1.29 is 14.3 Å². The number of ether oxygens (including phenoxy) is 2. The van der Waals surface area contributed by atoms with Crippen LogP contribution in [0, 0.1) is 5.92 Å². The fourth-order valence-corrected chi connectivity index (χ4v) is 2.75. The van der Waals surface area contributed by atoms with Gasteiger partial charge < -0.3 is 14.3 Å². The van der Waals surface area contributed by atoms with Gasteiger partial charge in [-0.1, -0.05) is 35.5 Å². The van der Waals surface area contributed by atoms with Crippen LogP contribution in [-0.2, 0) is 4.84 Å². The summed E-state index contributed by atoms with van der Waals surface area (Å²) in [7, 11) is 0. The summed E-state index contributed by atoms with van der Waals surface area (Å²) in [5.74, 6) is 2.78. The number of para-hydroxylation sites is 1. The first-order chi connectivity index (χ1) is 12.8. The number of hydrogen-bond acceptors (Lipinski definition) is 5. The summed E-state index contributed by atoms with van der Waals surface area (Å²) in [5.41, 5.74) is 1.02. The van der Waals surface area contributed by atoms with E-state index in [0.717, 1.165) is 17.1 Å². The molecule has 1 aromatic heterocycles. The zero-order valence-electron chi connectivity index (χ0n) is 14.3. The number of hydrogen-bond donors (Lipinski definition) is 0. The van der Waals surface area contributed by atoms with Gasteiger partial charge in [-0.2, -0.15) is 0 Å². The van der Waals surface area contributed by atoms with Crippen molar-refractivity contribution >= 4 is 5.90 Å². The van der Waals surface area contributed by atoms with Gasteiger partial charge >= 0.3 is 0 Å². The van der Waals surface area contributed by atoms with Crippen LogP contribution in [0.4, 0.5) is 0 Å². The van der Waals surface area contributed by atoms with Crippen LogP contribution in [0.2, 0.25) is 0 Å². The molecule has 0 spiro atoms. The molecule has 1 aliphatic heterocycles. The van der Waals surface area contributed by atoms with Gasteiger partial charge in [0.15, 0.2) is 6.10 Å². The zero-order chi connectivity index (χ0) is 17.8. The molecule has 3 aromatic rings. The first-order valence-corrected chi connectivity index (χ1v) is 8.44. The van der Waals surface area contributed by atoms with Gasteiger partial charge in [-0.25, -0.2) is 0 Å². The average Bonchev–Trinajstić information content (AvgIpc) is 3.05. The summed E-state index contributed by atoms with van der Waals surface area (Å²) < 4.78 is 11.6. The molecule has 0 unspecified atom stereocenters. The largest absolute Gasteiger partial charge is 0.457 e. The van der Waals surface area contributed by atoms with Crippen molar-refractivity contribution in [2.24, 2.45) is 11.1 Å². The van der Waals surface area contributed by atoms with Crippen LogP contribution >= 0.6 is 0 Å². The lowest BCUT2D eigenvalue weighted by atomic mass is 9.98. The van der Waals surface area contributed by atoms with E-state index >= 15 is 0 Å². The number of nitrogens with zero attached hydrogens (tertiary/aromatic N) is 2. The Labute approximate surface area is 151 Å². The summed E-state index contributed by atoms with van der Waals surface area (Å²) in [6.07, 6.45) is 3.16. The fourth-order valence-electron chi connectivity index (χ4n) is 2.75. The predicted octanol–water partition coefficient (Wildman–Crippen LogP) is 4.97. The molecule has 2 heterocycles. The molecule has 0 bridgehead atoms. The quantitative estimate of drug-likeness (QED) is 0.669. The van der Waals surface area contributed by atoms with E-state index in [1.807, 2.05) is 73.7 Å². The average molecular weight is 346 g/mol. The Bertz CT molecular complexity index is 880. The lowest BCUT2D eigenvalue weighted by molar-refractivity contribution is 0.0653. The van der Waals surface area contributed by atoms with Crippen molar-refractivity contribution in [3.05, 3.63) is 84.7 Å². The first kappa shape index (κ1) is 16.1. The van der Waals surface area contributed by atoms with Gasteiger partial charge in [0.2, 0.25) is 5.90 Å². The van der Waals surface area contributed by atoms with E-state index in [-0.39, 0.29) is 12.0 Å². The highest BCUT2D eigenvalue weighted by atomic mass is 16.7. The highest BCUT2D eigenvalue weighted by Crippen LogP contribution is 2.34. The third-order valence-corrected chi connectivity index (χ3v) is 4.14. The molecule has 26 heavy (non-hydrogen) atoms. The van der Waals surface area contributed by atoms with Crippen molar-refractivity contribution in [3.8, 4) is 17.2 Å². The van der Waals surface area contributed by atoms with E-state index in [0.29, 0.717) is 11.6 Å². The third kappa shape index (κ3) is 3.52. The van der Waals surface area contributed by atoms with E-state index in [1.165, 1.54) is 0 Å². The first-order valence-electron chi connectivity index (χ1n) is 8.44. The highest BCUT2D eigenvalue weighted by Gasteiger charge is 2.33. The molecule has 0 fully saturated rings. The van der Waals surface area contributed by atoms with E-state index in [4.69, 9.17) is 14.3 Å². The van der Waals surface area contributed by atoms with Gasteiger partial charge in [0, 0.05) is 6.20 Å². The molecule has 5 nitrogen and oxygen atoms in total. The third-order valence-electron chi connectivity index (χ3n) is 4.14. The molecular formula is C21H18N2O3. The number of oxime groups is 1. The fraction of sp³-hybridized carbons (Fsp3) is 0.143. The standard InChI is InChI=1S/C21H18N2O3/c1-15-20(26-23-21(15)25-19-8-5-13-22-14-19)16-9-11-18(12-10-16)24-17-6-3-2-4-7-17/h2-15,20H,1H3/t15-,20+/m0/s1. The second kappa shape index (κ2) is 7.27.